The van der Waals surface area contributed by atoms with Crippen LogP contribution >= 0.6 is 0 Å². The standard InChI is InChI=1S/C13H22N4O/c1-6-17(7-8(2)3)13(18)12-10(14)11(9(4)5)15-16-12/h9H,2,6-7,14H2,1,3-5H3,(H,15,16). The van der Waals surface area contributed by atoms with Crippen LogP contribution in [-0.2, 0) is 0 Å². The highest BCUT2D eigenvalue weighted by molar-refractivity contribution is 5.97. The maximum absolute atomic E-state index is 12.3. The van der Waals surface area contributed by atoms with Crippen molar-refractivity contribution in [2.24, 2.45) is 0 Å². The molecule has 0 unspecified atom stereocenters. The number of hydrogen-bond acceptors (Lipinski definition) is 3. The van der Waals surface area contributed by atoms with Gasteiger partial charge in [-0.25, -0.2) is 0 Å². The van der Waals surface area contributed by atoms with Gasteiger partial charge >= 0.3 is 0 Å². The topological polar surface area (TPSA) is 75.0 Å². The molecule has 3 N–H and O–H groups in total. The van der Waals surface area contributed by atoms with Gasteiger partial charge in [0, 0.05) is 13.1 Å². The minimum atomic E-state index is -0.152. The Bertz CT molecular complexity index is 448. The van der Waals surface area contributed by atoms with Crippen molar-refractivity contribution >= 4 is 11.6 Å². The van der Waals surface area contributed by atoms with Crippen LogP contribution in [0.1, 0.15) is 49.8 Å². The van der Waals surface area contributed by atoms with Crippen LogP contribution in [0.3, 0.4) is 0 Å². The van der Waals surface area contributed by atoms with Gasteiger partial charge in [-0.15, -0.1) is 0 Å². The van der Waals surface area contributed by atoms with E-state index in [4.69, 9.17) is 5.73 Å². The average Bonchev–Trinajstić information content (AvgIpc) is 2.66. The summed E-state index contributed by atoms with van der Waals surface area (Å²) >= 11 is 0. The van der Waals surface area contributed by atoms with E-state index in [1.54, 1.807) is 4.90 Å². The summed E-state index contributed by atoms with van der Waals surface area (Å²) in [5.41, 5.74) is 8.47. The number of rotatable bonds is 5. The van der Waals surface area contributed by atoms with E-state index in [2.05, 4.69) is 16.8 Å². The minimum absolute atomic E-state index is 0.152. The van der Waals surface area contributed by atoms with Gasteiger partial charge in [0.15, 0.2) is 5.69 Å². The van der Waals surface area contributed by atoms with E-state index in [0.717, 1.165) is 11.3 Å². The number of aromatic amines is 1. The van der Waals surface area contributed by atoms with Crippen molar-refractivity contribution in [2.75, 3.05) is 18.8 Å². The lowest BCUT2D eigenvalue weighted by molar-refractivity contribution is 0.0773. The minimum Gasteiger partial charge on any atom is -0.395 e. The van der Waals surface area contributed by atoms with E-state index in [1.807, 2.05) is 27.7 Å². The van der Waals surface area contributed by atoms with E-state index in [-0.39, 0.29) is 11.8 Å². The molecular weight excluding hydrogens is 228 g/mol. The first kappa shape index (κ1) is 14.3. The van der Waals surface area contributed by atoms with E-state index in [0.29, 0.717) is 24.5 Å². The van der Waals surface area contributed by atoms with Gasteiger partial charge < -0.3 is 10.6 Å². The number of aromatic nitrogens is 2. The third kappa shape index (κ3) is 2.91. The summed E-state index contributed by atoms with van der Waals surface area (Å²) in [7, 11) is 0. The van der Waals surface area contributed by atoms with Crippen molar-refractivity contribution in [1.82, 2.24) is 15.1 Å². The number of nitrogens with zero attached hydrogens (tertiary/aromatic N) is 2. The molecule has 0 atom stereocenters. The molecule has 5 nitrogen and oxygen atoms in total. The summed E-state index contributed by atoms with van der Waals surface area (Å²) in [5, 5.41) is 6.88. The molecule has 0 saturated carbocycles. The second-order valence-electron chi connectivity index (χ2n) is 4.83. The van der Waals surface area contributed by atoms with Crippen molar-refractivity contribution in [3.05, 3.63) is 23.5 Å². The molecule has 0 spiro atoms. The molecule has 0 saturated heterocycles. The summed E-state index contributed by atoms with van der Waals surface area (Å²) in [6.45, 7) is 12.8. The highest BCUT2D eigenvalue weighted by atomic mass is 16.2. The maximum atomic E-state index is 12.3. The molecule has 1 rings (SSSR count). The van der Waals surface area contributed by atoms with Crippen molar-refractivity contribution in [1.29, 1.82) is 0 Å². The summed E-state index contributed by atoms with van der Waals surface area (Å²) in [6, 6.07) is 0. The second-order valence-corrected chi connectivity index (χ2v) is 4.83. The number of carbonyl (C=O) groups is 1. The fraction of sp³-hybridized carbons (Fsp3) is 0.538. The van der Waals surface area contributed by atoms with Crippen molar-refractivity contribution in [3.63, 3.8) is 0 Å². The smallest absolute Gasteiger partial charge is 0.276 e. The number of hydrogen-bond donors (Lipinski definition) is 2. The number of likely N-dealkylation sites (N-methyl/N-ethyl adjacent to an activating group) is 1. The van der Waals surface area contributed by atoms with Crippen LogP contribution in [0, 0.1) is 0 Å². The lowest BCUT2D eigenvalue weighted by Crippen LogP contribution is -2.32. The lowest BCUT2D eigenvalue weighted by atomic mass is 10.1. The highest BCUT2D eigenvalue weighted by Crippen LogP contribution is 2.23. The Morgan fingerprint density at radius 1 is 1.56 bits per heavy atom. The number of nitrogens with one attached hydrogen (secondary N) is 1. The molecule has 1 aromatic heterocycles. The van der Waals surface area contributed by atoms with Crippen LogP contribution in [0.25, 0.3) is 0 Å². The zero-order valence-corrected chi connectivity index (χ0v) is 11.6. The number of H-pyrrole nitrogens is 1. The first-order valence-electron chi connectivity index (χ1n) is 6.15. The summed E-state index contributed by atoms with van der Waals surface area (Å²) in [4.78, 5) is 14.0. The molecule has 0 aromatic carbocycles. The van der Waals surface area contributed by atoms with Gasteiger partial charge in [0.25, 0.3) is 5.91 Å². The highest BCUT2D eigenvalue weighted by Gasteiger charge is 2.22. The molecule has 0 bridgehead atoms. The fourth-order valence-corrected chi connectivity index (χ4v) is 1.77. The molecule has 0 aliphatic heterocycles. The SMILES string of the molecule is C=C(C)CN(CC)C(=O)c1n[nH]c(C(C)C)c1N. The molecule has 5 heteroatoms. The Labute approximate surface area is 108 Å². The van der Waals surface area contributed by atoms with Gasteiger partial charge in [-0.3, -0.25) is 9.89 Å². The van der Waals surface area contributed by atoms with Crippen molar-refractivity contribution < 1.29 is 4.79 Å². The number of carbonyl (C=O) groups excluding carboxylic acids is 1. The third-order valence-electron chi connectivity index (χ3n) is 2.74. The van der Waals surface area contributed by atoms with Crippen molar-refractivity contribution in [2.45, 2.75) is 33.6 Å². The molecule has 0 aliphatic rings. The monoisotopic (exact) mass is 250 g/mol. The van der Waals surface area contributed by atoms with E-state index in [9.17, 15) is 4.79 Å². The molecule has 1 amide bonds. The Kier molecular flexibility index (Phi) is 4.53. The van der Waals surface area contributed by atoms with Crippen LogP contribution in [0.4, 0.5) is 5.69 Å². The molecule has 1 aromatic rings. The molecule has 0 radical (unpaired) electrons. The fourth-order valence-electron chi connectivity index (χ4n) is 1.77. The van der Waals surface area contributed by atoms with E-state index >= 15 is 0 Å². The van der Waals surface area contributed by atoms with Gasteiger partial charge in [-0.2, -0.15) is 5.10 Å². The Morgan fingerprint density at radius 3 is 2.56 bits per heavy atom. The van der Waals surface area contributed by atoms with Gasteiger partial charge in [0.1, 0.15) is 0 Å². The summed E-state index contributed by atoms with van der Waals surface area (Å²) < 4.78 is 0. The number of nitrogens with two attached hydrogens (primary N) is 1. The Balaban J connectivity index is 2.99. The second kappa shape index (κ2) is 5.71. The first-order valence-corrected chi connectivity index (χ1v) is 6.15. The zero-order valence-electron chi connectivity index (χ0n) is 11.6. The molecule has 0 aliphatic carbocycles. The van der Waals surface area contributed by atoms with E-state index < -0.39 is 0 Å². The molecule has 0 fully saturated rings. The molecule has 1 heterocycles. The zero-order chi connectivity index (χ0) is 13.9. The van der Waals surface area contributed by atoms with Crippen LogP contribution in [0.2, 0.25) is 0 Å². The van der Waals surface area contributed by atoms with Gasteiger partial charge in [-0.1, -0.05) is 26.0 Å². The molecule has 100 valence electrons. The average molecular weight is 250 g/mol. The number of anilines is 1. The summed E-state index contributed by atoms with van der Waals surface area (Å²) in [5.74, 6) is 0.0661. The quantitative estimate of drug-likeness (QED) is 0.786. The Morgan fingerprint density at radius 2 is 2.17 bits per heavy atom. The Hall–Kier alpha value is -1.78. The maximum Gasteiger partial charge on any atom is 0.276 e. The first-order chi connectivity index (χ1) is 8.38. The van der Waals surface area contributed by atoms with E-state index in [1.165, 1.54) is 0 Å². The molecular formula is C13H22N4O. The van der Waals surface area contributed by atoms with Crippen LogP contribution < -0.4 is 5.73 Å². The van der Waals surface area contributed by atoms with Gasteiger partial charge in [0.05, 0.1) is 11.4 Å². The number of nitrogen functional groups attached to an aromatic ring is 1. The van der Waals surface area contributed by atoms with Crippen LogP contribution in [0.15, 0.2) is 12.2 Å². The summed E-state index contributed by atoms with van der Waals surface area (Å²) in [6.07, 6.45) is 0. The van der Waals surface area contributed by atoms with Gasteiger partial charge in [0.2, 0.25) is 0 Å². The van der Waals surface area contributed by atoms with Crippen molar-refractivity contribution in [3.8, 4) is 0 Å². The third-order valence-corrected chi connectivity index (χ3v) is 2.74. The molecule has 18 heavy (non-hydrogen) atoms. The number of amides is 1. The predicted molar refractivity (Wildman–Crippen MR) is 73.5 cm³/mol. The van der Waals surface area contributed by atoms with Crippen LogP contribution in [0.5, 0.6) is 0 Å². The predicted octanol–water partition coefficient (Wildman–Crippen LogP) is 2.15. The lowest BCUT2D eigenvalue weighted by Gasteiger charge is -2.20. The van der Waals surface area contributed by atoms with Gasteiger partial charge in [-0.05, 0) is 19.8 Å². The normalized spacial score (nSPS) is 10.7. The largest absolute Gasteiger partial charge is 0.395 e. The van der Waals surface area contributed by atoms with Crippen LogP contribution in [-0.4, -0.2) is 34.1 Å².